The van der Waals surface area contributed by atoms with Crippen molar-refractivity contribution < 1.29 is 13.9 Å². The Morgan fingerprint density at radius 2 is 1.97 bits per heavy atom. The fourth-order valence-electron chi connectivity index (χ4n) is 3.33. The maximum Gasteiger partial charge on any atom is 0.234 e. The highest BCUT2D eigenvalue weighted by Crippen LogP contribution is 2.27. The minimum atomic E-state index is -0.123. The summed E-state index contributed by atoms with van der Waals surface area (Å²) < 4.78 is 12.7. The predicted molar refractivity (Wildman–Crippen MR) is 125 cm³/mol. The maximum absolute atomic E-state index is 12.5. The van der Waals surface area contributed by atoms with E-state index in [1.54, 1.807) is 19.4 Å². The standard InChI is InChI=1S/C24H24N4O3S/c1-17-21(12-14-31-17)23-26-27-24(28(23)13-11-18-7-4-3-5-8-18)32-16-22(29)25-19-9-6-10-20(15-19)30-2/h3-10,12,14-15H,11,13,16H2,1-2H3,(H,25,29). The zero-order valence-corrected chi connectivity index (χ0v) is 18.8. The zero-order chi connectivity index (χ0) is 22.3. The monoisotopic (exact) mass is 448 g/mol. The number of aromatic nitrogens is 3. The fourth-order valence-corrected chi connectivity index (χ4v) is 4.09. The zero-order valence-electron chi connectivity index (χ0n) is 17.9. The number of carbonyl (C=O) groups excluding carboxylic acids is 1. The van der Waals surface area contributed by atoms with Gasteiger partial charge in [-0.15, -0.1) is 10.2 Å². The number of benzene rings is 2. The number of anilines is 1. The van der Waals surface area contributed by atoms with Gasteiger partial charge < -0.3 is 19.0 Å². The normalized spacial score (nSPS) is 10.8. The summed E-state index contributed by atoms with van der Waals surface area (Å²) in [5.74, 6) is 2.30. The summed E-state index contributed by atoms with van der Waals surface area (Å²) in [6.07, 6.45) is 2.47. The lowest BCUT2D eigenvalue weighted by molar-refractivity contribution is -0.113. The van der Waals surface area contributed by atoms with Crippen molar-refractivity contribution in [1.29, 1.82) is 0 Å². The molecule has 0 aliphatic rings. The van der Waals surface area contributed by atoms with Crippen molar-refractivity contribution in [3.05, 3.63) is 78.3 Å². The number of thioether (sulfide) groups is 1. The third kappa shape index (κ3) is 5.20. The van der Waals surface area contributed by atoms with Crippen LogP contribution in [0.25, 0.3) is 11.4 Å². The lowest BCUT2D eigenvalue weighted by atomic mass is 10.1. The Morgan fingerprint density at radius 3 is 2.72 bits per heavy atom. The first-order chi connectivity index (χ1) is 15.6. The molecule has 4 aromatic rings. The second-order valence-electron chi connectivity index (χ2n) is 7.15. The third-order valence-corrected chi connectivity index (χ3v) is 5.94. The second-order valence-corrected chi connectivity index (χ2v) is 8.10. The number of nitrogens with zero attached hydrogens (tertiary/aromatic N) is 3. The van der Waals surface area contributed by atoms with Gasteiger partial charge in [-0.25, -0.2) is 0 Å². The molecule has 1 N–H and O–H groups in total. The van der Waals surface area contributed by atoms with Gasteiger partial charge in [0.1, 0.15) is 11.5 Å². The number of carbonyl (C=O) groups is 1. The molecule has 2 aromatic carbocycles. The molecule has 0 radical (unpaired) electrons. The summed E-state index contributed by atoms with van der Waals surface area (Å²) in [5.41, 5.74) is 2.82. The molecule has 4 rings (SSSR count). The summed E-state index contributed by atoms with van der Waals surface area (Å²) in [5, 5.41) is 12.4. The van der Waals surface area contributed by atoms with Crippen LogP contribution in [0.2, 0.25) is 0 Å². The molecule has 0 saturated carbocycles. The average Bonchev–Trinajstić information content (AvgIpc) is 3.42. The van der Waals surface area contributed by atoms with Crippen LogP contribution in [-0.4, -0.2) is 33.5 Å². The number of aryl methyl sites for hydroxylation is 2. The van der Waals surface area contributed by atoms with Gasteiger partial charge in [0.05, 0.1) is 24.7 Å². The van der Waals surface area contributed by atoms with E-state index in [1.807, 2.05) is 54.0 Å². The van der Waals surface area contributed by atoms with E-state index in [-0.39, 0.29) is 11.7 Å². The number of nitrogens with one attached hydrogen (secondary N) is 1. The number of amides is 1. The van der Waals surface area contributed by atoms with Crippen molar-refractivity contribution in [2.24, 2.45) is 0 Å². The number of ether oxygens (including phenoxy) is 1. The Morgan fingerprint density at radius 1 is 1.12 bits per heavy atom. The van der Waals surface area contributed by atoms with Crippen molar-refractivity contribution in [2.75, 3.05) is 18.2 Å². The van der Waals surface area contributed by atoms with Crippen LogP contribution in [0.3, 0.4) is 0 Å². The SMILES string of the molecule is COc1cccc(NC(=O)CSc2nnc(-c3ccoc3C)n2CCc2ccccc2)c1. The predicted octanol–water partition coefficient (Wildman–Crippen LogP) is 4.83. The lowest BCUT2D eigenvalue weighted by Crippen LogP contribution is -2.15. The molecule has 0 aliphatic carbocycles. The number of furan rings is 1. The van der Waals surface area contributed by atoms with Gasteiger partial charge in [-0.05, 0) is 37.1 Å². The molecule has 0 fully saturated rings. The van der Waals surface area contributed by atoms with Crippen molar-refractivity contribution >= 4 is 23.4 Å². The molecular weight excluding hydrogens is 424 g/mol. The summed E-state index contributed by atoms with van der Waals surface area (Å²) in [7, 11) is 1.60. The first-order valence-electron chi connectivity index (χ1n) is 10.2. The number of methoxy groups -OCH3 is 1. The molecule has 0 aliphatic heterocycles. The van der Waals surface area contributed by atoms with Gasteiger partial charge in [0.25, 0.3) is 0 Å². The number of hydrogen-bond donors (Lipinski definition) is 1. The summed E-state index contributed by atoms with van der Waals surface area (Å²) in [4.78, 5) is 12.5. The van der Waals surface area contributed by atoms with Crippen LogP contribution in [0.1, 0.15) is 11.3 Å². The molecule has 1 amide bonds. The van der Waals surface area contributed by atoms with Gasteiger partial charge in [0, 0.05) is 18.3 Å². The summed E-state index contributed by atoms with van der Waals surface area (Å²) >= 11 is 1.36. The van der Waals surface area contributed by atoms with Crippen LogP contribution in [0.15, 0.2) is 76.5 Å². The Balaban J connectivity index is 1.49. The number of hydrogen-bond acceptors (Lipinski definition) is 6. The maximum atomic E-state index is 12.5. The van der Waals surface area contributed by atoms with Gasteiger partial charge in [-0.2, -0.15) is 0 Å². The highest BCUT2D eigenvalue weighted by atomic mass is 32.2. The van der Waals surface area contributed by atoms with E-state index >= 15 is 0 Å². The molecule has 32 heavy (non-hydrogen) atoms. The molecule has 8 heteroatoms. The quantitative estimate of drug-likeness (QED) is 0.369. The van der Waals surface area contributed by atoms with Crippen LogP contribution in [0.4, 0.5) is 5.69 Å². The second kappa shape index (κ2) is 10.2. The van der Waals surface area contributed by atoms with Crippen molar-refractivity contribution in [2.45, 2.75) is 25.0 Å². The molecule has 2 heterocycles. The Kier molecular flexibility index (Phi) is 6.91. The van der Waals surface area contributed by atoms with Gasteiger partial charge in [0.2, 0.25) is 5.91 Å². The Bertz CT molecular complexity index is 1190. The van der Waals surface area contributed by atoms with Gasteiger partial charge in [-0.3, -0.25) is 4.79 Å². The highest BCUT2D eigenvalue weighted by Gasteiger charge is 2.18. The molecule has 0 spiro atoms. The van der Waals surface area contributed by atoms with E-state index in [2.05, 4.69) is 27.6 Å². The van der Waals surface area contributed by atoms with Crippen molar-refractivity contribution in [3.63, 3.8) is 0 Å². The largest absolute Gasteiger partial charge is 0.497 e. The molecule has 0 atom stereocenters. The Hall–Kier alpha value is -3.52. The van der Waals surface area contributed by atoms with Gasteiger partial charge >= 0.3 is 0 Å². The van der Waals surface area contributed by atoms with Crippen LogP contribution < -0.4 is 10.1 Å². The summed E-state index contributed by atoms with van der Waals surface area (Å²) in [6.45, 7) is 2.59. The third-order valence-electron chi connectivity index (χ3n) is 4.97. The van der Waals surface area contributed by atoms with Gasteiger partial charge in [0.15, 0.2) is 11.0 Å². The number of rotatable bonds is 9. The fraction of sp³-hybridized carbons (Fsp3) is 0.208. The molecular formula is C24H24N4O3S. The minimum Gasteiger partial charge on any atom is -0.497 e. The van der Waals surface area contributed by atoms with Crippen LogP contribution in [0, 0.1) is 6.92 Å². The van der Waals surface area contributed by atoms with E-state index in [0.717, 1.165) is 23.6 Å². The molecule has 2 aromatic heterocycles. The highest BCUT2D eigenvalue weighted by molar-refractivity contribution is 7.99. The van der Waals surface area contributed by atoms with E-state index in [1.165, 1.54) is 17.3 Å². The van der Waals surface area contributed by atoms with E-state index in [9.17, 15) is 4.79 Å². The topological polar surface area (TPSA) is 82.2 Å². The van der Waals surface area contributed by atoms with Crippen molar-refractivity contribution in [3.8, 4) is 17.1 Å². The first-order valence-corrected chi connectivity index (χ1v) is 11.2. The molecule has 0 unspecified atom stereocenters. The Labute approximate surface area is 190 Å². The lowest BCUT2D eigenvalue weighted by Gasteiger charge is -2.10. The molecule has 0 bridgehead atoms. The summed E-state index contributed by atoms with van der Waals surface area (Å²) in [6, 6.07) is 19.4. The van der Waals surface area contributed by atoms with Crippen LogP contribution in [0.5, 0.6) is 5.75 Å². The van der Waals surface area contributed by atoms with Crippen molar-refractivity contribution in [1.82, 2.24) is 14.8 Å². The smallest absolute Gasteiger partial charge is 0.234 e. The minimum absolute atomic E-state index is 0.123. The molecule has 0 saturated heterocycles. The van der Waals surface area contributed by atoms with Crippen LogP contribution in [-0.2, 0) is 17.8 Å². The van der Waals surface area contributed by atoms with Crippen LogP contribution >= 0.6 is 11.8 Å². The average molecular weight is 449 g/mol. The van der Waals surface area contributed by atoms with E-state index < -0.39 is 0 Å². The van der Waals surface area contributed by atoms with Gasteiger partial charge in [-0.1, -0.05) is 48.2 Å². The molecule has 7 nitrogen and oxygen atoms in total. The first kappa shape index (κ1) is 21.7. The molecule has 164 valence electrons. The van der Waals surface area contributed by atoms with E-state index in [4.69, 9.17) is 9.15 Å². The van der Waals surface area contributed by atoms with E-state index in [0.29, 0.717) is 23.1 Å².